The van der Waals surface area contributed by atoms with Crippen molar-refractivity contribution < 1.29 is 4.79 Å². The van der Waals surface area contributed by atoms with Crippen LogP contribution in [0.25, 0.3) is 21.3 Å². The van der Waals surface area contributed by atoms with Gasteiger partial charge >= 0.3 is 0 Å². The Hall–Kier alpha value is -3.32. The number of carbonyl (C=O) groups is 1. The third-order valence-electron chi connectivity index (χ3n) is 4.16. The van der Waals surface area contributed by atoms with E-state index in [-0.39, 0.29) is 18.0 Å². The molecule has 3 heterocycles. The molecule has 0 bridgehead atoms. The number of fused-ring (bicyclic) bond motifs is 1. The highest BCUT2D eigenvalue weighted by Gasteiger charge is 2.17. The molecule has 3 aromatic heterocycles. The molecule has 7 heteroatoms. The first-order valence-corrected chi connectivity index (χ1v) is 9.20. The lowest BCUT2D eigenvalue weighted by Crippen LogP contribution is -2.28. The van der Waals surface area contributed by atoms with Crippen LogP contribution in [0.3, 0.4) is 0 Å². The molecule has 0 spiro atoms. The Morgan fingerprint density at radius 1 is 1.11 bits per heavy atom. The number of anilines is 1. The first kappa shape index (κ1) is 17.1. The average Bonchev–Trinajstić information content (AvgIpc) is 3.02. The number of aromatic nitrogens is 3. The van der Waals surface area contributed by atoms with E-state index in [1.54, 1.807) is 24.4 Å². The van der Waals surface area contributed by atoms with Gasteiger partial charge in [-0.1, -0.05) is 36.4 Å². The number of hydrogen-bond donors (Lipinski definition) is 1. The number of pyridine rings is 1. The highest BCUT2D eigenvalue weighted by Crippen LogP contribution is 2.35. The van der Waals surface area contributed by atoms with E-state index >= 15 is 0 Å². The number of carbonyl (C=O) groups excluding carboxylic acids is 1. The Morgan fingerprint density at radius 2 is 1.89 bits per heavy atom. The van der Waals surface area contributed by atoms with Gasteiger partial charge < -0.3 is 5.32 Å². The van der Waals surface area contributed by atoms with Crippen molar-refractivity contribution in [2.24, 2.45) is 0 Å². The average molecular weight is 376 g/mol. The van der Waals surface area contributed by atoms with Crippen molar-refractivity contribution in [3.63, 3.8) is 0 Å². The smallest absolute Gasteiger partial charge is 0.263 e. The van der Waals surface area contributed by atoms with Crippen LogP contribution in [0, 0.1) is 6.92 Å². The fraction of sp³-hybridized carbons (Fsp3) is 0.100. The quantitative estimate of drug-likeness (QED) is 0.592. The summed E-state index contributed by atoms with van der Waals surface area (Å²) < 4.78 is 1.33. The number of nitrogens with one attached hydrogen (secondary N) is 1. The molecule has 0 saturated carbocycles. The van der Waals surface area contributed by atoms with Crippen LogP contribution in [0.15, 0.2) is 65.8 Å². The predicted molar refractivity (Wildman–Crippen MR) is 107 cm³/mol. The molecular weight excluding hydrogens is 360 g/mol. The summed E-state index contributed by atoms with van der Waals surface area (Å²) in [7, 11) is 0. The van der Waals surface area contributed by atoms with Gasteiger partial charge in [-0.25, -0.2) is 9.97 Å². The molecule has 0 radical (unpaired) electrons. The van der Waals surface area contributed by atoms with Crippen LogP contribution in [0.2, 0.25) is 0 Å². The molecule has 4 aromatic rings. The van der Waals surface area contributed by atoms with E-state index < -0.39 is 0 Å². The normalized spacial score (nSPS) is 10.9. The van der Waals surface area contributed by atoms with Gasteiger partial charge in [-0.05, 0) is 24.6 Å². The second-order valence-electron chi connectivity index (χ2n) is 6.02. The first-order valence-electron chi connectivity index (χ1n) is 8.38. The first-order chi connectivity index (χ1) is 13.1. The summed E-state index contributed by atoms with van der Waals surface area (Å²) in [5.74, 6) is 0.117. The fourth-order valence-electron chi connectivity index (χ4n) is 2.98. The predicted octanol–water partition coefficient (Wildman–Crippen LogP) is 3.47. The number of nitrogens with zero attached hydrogens (tertiary/aromatic N) is 3. The van der Waals surface area contributed by atoms with Gasteiger partial charge in [0.25, 0.3) is 5.56 Å². The molecule has 1 amide bonds. The summed E-state index contributed by atoms with van der Waals surface area (Å²) in [6, 6.07) is 15.0. The van der Waals surface area contributed by atoms with Crippen LogP contribution in [0.4, 0.5) is 5.82 Å². The maximum atomic E-state index is 13.1. The minimum Gasteiger partial charge on any atom is -0.309 e. The molecule has 134 valence electrons. The Labute approximate surface area is 159 Å². The summed E-state index contributed by atoms with van der Waals surface area (Å²) in [5.41, 5.74) is 1.63. The molecule has 0 atom stereocenters. The Balaban J connectivity index is 1.72. The summed E-state index contributed by atoms with van der Waals surface area (Å²) in [5, 5.41) is 3.23. The molecule has 0 saturated heterocycles. The molecule has 6 nitrogen and oxygen atoms in total. The lowest BCUT2D eigenvalue weighted by molar-refractivity contribution is -0.116. The monoisotopic (exact) mass is 376 g/mol. The van der Waals surface area contributed by atoms with Gasteiger partial charge in [-0.3, -0.25) is 14.2 Å². The molecule has 1 N–H and O–H groups in total. The minimum absolute atomic E-state index is 0.124. The molecule has 4 rings (SSSR count). The number of thiophene rings is 1. The molecule has 0 fully saturated rings. The van der Waals surface area contributed by atoms with Crippen LogP contribution in [0.5, 0.6) is 0 Å². The number of hydrogen-bond acceptors (Lipinski definition) is 5. The molecule has 0 aliphatic heterocycles. The van der Waals surface area contributed by atoms with E-state index in [0.717, 1.165) is 16.0 Å². The zero-order valence-electron chi connectivity index (χ0n) is 14.5. The fourth-order valence-corrected chi connectivity index (χ4v) is 3.98. The highest BCUT2D eigenvalue weighted by molar-refractivity contribution is 7.19. The van der Waals surface area contributed by atoms with E-state index in [2.05, 4.69) is 15.3 Å². The van der Waals surface area contributed by atoms with Crippen LogP contribution in [-0.4, -0.2) is 20.4 Å². The van der Waals surface area contributed by atoms with E-state index in [1.807, 2.05) is 37.3 Å². The Bertz CT molecular complexity index is 1170. The summed E-state index contributed by atoms with van der Waals surface area (Å²) in [6.45, 7) is 1.85. The Kier molecular flexibility index (Phi) is 4.52. The molecule has 0 unspecified atom stereocenters. The largest absolute Gasteiger partial charge is 0.309 e. The standard InChI is InChI=1S/C20H16N4O2S/c1-13-17(14-7-3-2-4-8-14)18-19(27-13)22-12-24(20(18)26)11-16(25)23-15-9-5-6-10-21-15/h2-10,12H,11H2,1H3,(H,21,23,25). The third-order valence-corrected chi connectivity index (χ3v) is 5.18. The van der Waals surface area contributed by atoms with Crippen molar-refractivity contribution >= 4 is 33.3 Å². The summed E-state index contributed by atoms with van der Waals surface area (Å²) in [4.78, 5) is 35.5. The number of aryl methyl sites for hydroxylation is 1. The van der Waals surface area contributed by atoms with Crippen molar-refractivity contribution in [3.8, 4) is 11.1 Å². The molecule has 0 aliphatic carbocycles. The molecule has 27 heavy (non-hydrogen) atoms. The molecular formula is C20H16N4O2S. The van der Waals surface area contributed by atoms with Crippen molar-refractivity contribution in [2.75, 3.05) is 5.32 Å². The van der Waals surface area contributed by atoms with Crippen LogP contribution in [0.1, 0.15) is 4.88 Å². The number of rotatable bonds is 4. The molecule has 0 aliphatic rings. The maximum Gasteiger partial charge on any atom is 0.263 e. The van der Waals surface area contributed by atoms with E-state index in [0.29, 0.717) is 16.0 Å². The van der Waals surface area contributed by atoms with Gasteiger partial charge in [0.05, 0.1) is 11.7 Å². The number of benzene rings is 1. The van der Waals surface area contributed by atoms with Gasteiger partial charge in [0, 0.05) is 16.6 Å². The maximum absolute atomic E-state index is 13.1. The zero-order valence-corrected chi connectivity index (χ0v) is 15.4. The summed E-state index contributed by atoms with van der Waals surface area (Å²) in [6.07, 6.45) is 3.02. The topological polar surface area (TPSA) is 76.9 Å². The molecule has 1 aromatic carbocycles. The SMILES string of the molecule is Cc1sc2ncn(CC(=O)Nc3ccccn3)c(=O)c2c1-c1ccccc1. The lowest BCUT2D eigenvalue weighted by atomic mass is 10.0. The van der Waals surface area contributed by atoms with E-state index in [9.17, 15) is 9.59 Å². The van der Waals surface area contributed by atoms with Crippen molar-refractivity contribution in [1.29, 1.82) is 0 Å². The van der Waals surface area contributed by atoms with Gasteiger partial charge in [0.2, 0.25) is 5.91 Å². The van der Waals surface area contributed by atoms with E-state index in [1.165, 1.54) is 22.2 Å². The minimum atomic E-state index is -0.329. The van der Waals surface area contributed by atoms with E-state index in [4.69, 9.17) is 0 Å². The zero-order chi connectivity index (χ0) is 18.8. The van der Waals surface area contributed by atoms with Gasteiger partial charge in [-0.2, -0.15) is 0 Å². The lowest BCUT2D eigenvalue weighted by Gasteiger charge is -2.07. The highest BCUT2D eigenvalue weighted by atomic mass is 32.1. The van der Waals surface area contributed by atoms with Crippen LogP contribution >= 0.6 is 11.3 Å². The van der Waals surface area contributed by atoms with Crippen molar-refractivity contribution in [2.45, 2.75) is 13.5 Å². The van der Waals surface area contributed by atoms with Gasteiger partial charge in [-0.15, -0.1) is 11.3 Å². The third kappa shape index (κ3) is 3.37. The van der Waals surface area contributed by atoms with Gasteiger partial charge in [0.1, 0.15) is 17.2 Å². The van der Waals surface area contributed by atoms with Crippen LogP contribution in [-0.2, 0) is 11.3 Å². The van der Waals surface area contributed by atoms with Crippen LogP contribution < -0.4 is 10.9 Å². The van der Waals surface area contributed by atoms with Crippen molar-refractivity contribution in [1.82, 2.24) is 14.5 Å². The van der Waals surface area contributed by atoms with Gasteiger partial charge in [0.15, 0.2) is 0 Å². The second-order valence-corrected chi connectivity index (χ2v) is 7.22. The summed E-state index contributed by atoms with van der Waals surface area (Å²) >= 11 is 1.48. The Morgan fingerprint density at radius 3 is 2.63 bits per heavy atom. The van der Waals surface area contributed by atoms with Crippen molar-refractivity contribution in [3.05, 3.63) is 76.3 Å². The number of amides is 1. The second kappa shape index (κ2) is 7.13.